The van der Waals surface area contributed by atoms with Crippen LogP contribution in [0.2, 0.25) is 0 Å². The summed E-state index contributed by atoms with van der Waals surface area (Å²) >= 11 is 1.34. The second-order valence-corrected chi connectivity index (χ2v) is 7.79. The third-order valence-corrected chi connectivity index (χ3v) is 5.37. The van der Waals surface area contributed by atoms with Gasteiger partial charge < -0.3 is 5.32 Å². The number of hydrogen-bond donors (Lipinski definition) is 1. The Bertz CT molecular complexity index is 1160. The van der Waals surface area contributed by atoms with Crippen molar-refractivity contribution in [3.8, 4) is 17.1 Å². The number of carbonyl (C=O) groups excluding carboxylic acids is 1. The first-order valence-electron chi connectivity index (χ1n) is 9.54. The van der Waals surface area contributed by atoms with Crippen LogP contribution in [0, 0.1) is 13.8 Å². The number of carbonyl (C=O) groups is 1. The van der Waals surface area contributed by atoms with Gasteiger partial charge in [0.25, 0.3) is 0 Å². The Labute approximate surface area is 179 Å². The second kappa shape index (κ2) is 8.92. The fourth-order valence-electron chi connectivity index (χ4n) is 2.98. The van der Waals surface area contributed by atoms with Gasteiger partial charge in [0.15, 0.2) is 11.0 Å². The summed E-state index contributed by atoms with van der Waals surface area (Å²) in [6, 6.07) is 23.6. The van der Waals surface area contributed by atoms with Crippen LogP contribution in [0.25, 0.3) is 17.1 Å². The Kier molecular flexibility index (Phi) is 5.90. The zero-order valence-corrected chi connectivity index (χ0v) is 17.6. The first-order valence-corrected chi connectivity index (χ1v) is 10.5. The molecule has 0 bridgehead atoms. The summed E-state index contributed by atoms with van der Waals surface area (Å²) < 4.78 is 1.98. The number of anilines is 1. The van der Waals surface area contributed by atoms with Gasteiger partial charge in [-0.1, -0.05) is 65.9 Å². The van der Waals surface area contributed by atoms with Crippen LogP contribution in [0.4, 0.5) is 5.82 Å². The molecule has 2 aromatic heterocycles. The number of aryl methyl sites for hydroxylation is 2. The summed E-state index contributed by atoms with van der Waals surface area (Å²) in [7, 11) is 0. The van der Waals surface area contributed by atoms with Gasteiger partial charge in [0.1, 0.15) is 5.82 Å². The van der Waals surface area contributed by atoms with E-state index in [0.717, 1.165) is 22.8 Å². The SMILES string of the molecule is Cc1ccc(-c2nnc(SCC(=O)Nc3cccc(C)n3)n2-c2ccccc2)cc1. The molecule has 1 amide bonds. The van der Waals surface area contributed by atoms with E-state index < -0.39 is 0 Å². The first-order chi connectivity index (χ1) is 14.6. The van der Waals surface area contributed by atoms with Crippen molar-refractivity contribution in [2.75, 3.05) is 11.1 Å². The number of nitrogens with one attached hydrogen (secondary N) is 1. The number of benzene rings is 2. The largest absolute Gasteiger partial charge is 0.310 e. The number of nitrogens with zero attached hydrogens (tertiary/aromatic N) is 4. The second-order valence-electron chi connectivity index (χ2n) is 6.84. The van der Waals surface area contributed by atoms with Crippen LogP contribution in [0.15, 0.2) is 78.0 Å². The van der Waals surface area contributed by atoms with Crippen molar-refractivity contribution in [2.45, 2.75) is 19.0 Å². The lowest BCUT2D eigenvalue weighted by Crippen LogP contribution is -2.15. The van der Waals surface area contributed by atoms with E-state index in [-0.39, 0.29) is 11.7 Å². The van der Waals surface area contributed by atoms with Crippen molar-refractivity contribution in [2.24, 2.45) is 0 Å². The monoisotopic (exact) mass is 415 g/mol. The van der Waals surface area contributed by atoms with Crippen LogP contribution < -0.4 is 5.32 Å². The highest BCUT2D eigenvalue weighted by molar-refractivity contribution is 7.99. The fraction of sp³-hybridized carbons (Fsp3) is 0.130. The molecule has 7 heteroatoms. The third kappa shape index (κ3) is 4.58. The lowest BCUT2D eigenvalue weighted by atomic mass is 10.1. The Balaban J connectivity index is 1.58. The molecule has 0 spiro atoms. The van der Waals surface area contributed by atoms with E-state index in [2.05, 4.69) is 39.6 Å². The van der Waals surface area contributed by atoms with Crippen molar-refractivity contribution >= 4 is 23.5 Å². The Hall–Kier alpha value is -3.45. The maximum absolute atomic E-state index is 12.4. The fourth-order valence-corrected chi connectivity index (χ4v) is 3.74. The lowest BCUT2D eigenvalue weighted by molar-refractivity contribution is -0.113. The summed E-state index contributed by atoms with van der Waals surface area (Å²) in [5.41, 5.74) is 3.95. The highest BCUT2D eigenvalue weighted by Crippen LogP contribution is 2.28. The van der Waals surface area contributed by atoms with E-state index >= 15 is 0 Å². The average molecular weight is 416 g/mol. The van der Waals surface area contributed by atoms with Crippen molar-refractivity contribution in [1.29, 1.82) is 0 Å². The summed E-state index contributed by atoms with van der Waals surface area (Å²) in [6.07, 6.45) is 0. The number of amides is 1. The molecule has 0 aliphatic heterocycles. The molecular formula is C23H21N5OS. The maximum Gasteiger partial charge on any atom is 0.236 e. The van der Waals surface area contributed by atoms with Crippen molar-refractivity contribution in [3.05, 3.63) is 84.1 Å². The van der Waals surface area contributed by atoms with Gasteiger partial charge in [-0.3, -0.25) is 9.36 Å². The Morgan fingerprint density at radius 1 is 0.933 bits per heavy atom. The number of rotatable bonds is 6. The van der Waals surface area contributed by atoms with E-state index in [1.54, 1.807) is 6.07 Å². The molecule has 0 fully saturated rings. The van der Waals surface area contributed by atoms with Crippen LogP contribution in [0.1, 0.15) is 11.3 Å². The standard InChI is InChI=1S/C23H21N5OS/c1-16-11-13-18(14-12-16)22-26-27-23(28(22)19-8-4-3-5-9-19)30-15-21(29)25-20-10-6-7-17(2)24-20/h3-14H,15H2,1-2H3,(H,24,25,29). The molecule has 150 valence electrons. The molecule has 2 aromatic carbocycles. The van der Waals surface area contributed by atoms with Crippen LogP contribution in [0.5, 0.6) is 0 Å². The van der Waals surface area contributed by atoms with Gasteiger partial charge in [0, 0.05) is 16.9 Å². The number of aromatic nitrogens is 4. The van der Waals surface area contributed by atoms with E-state index in [9.17, 15) is 4.79 Å². The van der Waals surface area contributed by atoms with Crippen LogP contribution in [-0.4, -0.2) is 31.4 Å². The molecule has 30 heavy (non-hydrogen) atoms. The van der Waals surface area contributed by atoms with E-state index in [1.807, 2.05) is 66.1 Å². The van der Waals surface area contributed by atoms with Gasteiger partial charge in [-0.25, -0.2) is 4.98 Å². The van der Waals surface area contributed by atoms with Crippen molar-refractivity contribution in [1.82, 2.24) is 19.7 Å². The average Bonchev–Trinajstić information content (AvgIpc) is 3.17. The molecule has 2 heterocycles. The van der Waals surface area contributed by atoms with Crippen molar-refractivity contribution in [3.63, 3.8) is 0 Å². The first kappa shape index (κ1) is 19.8. The minimum Gasteiger partial charge on any atom is -0.310 e. The van der Waals surface area contributed by atoms with E-state index in [1.165, 1.54) is 17.3 Å². The van der Waals surface area contributed by atoms with Crippen LogP contribution >= 0.6 is 11.8 Å². The van der Waals surface area contributed by atoms with Crippen LogP contribution in [-0.2, 0) is 4.79 Å². The molecule has 0 saturated carbocycles. The van der Waals surface area contributed by atoms with Gasteiger partial charge in [0.05, 0.1) is 5.75 Å². The molecule has 1 N–H and O–H groups in total. The van der Waals surface area contributed by atoms with Gasteiger partial charge in [-0.15, -0.1) is 10.2 Å². The predicted molar refractivity (Wildman–Crippen MR) is 120 cm³/mol. The zero-order valence-electron chi connectivity index (χ0n) is 16.7. The molecule has 0 aliphatic rings. The maximum atomic E-state index is 12.4. The number of thioether (sulfide) groups is 1. The molecule has 0 atom stereocenters. The zero-order chi connectivity index (χ0) is 20.9. The topological polar surface area (TPSA) is 72.7 Å². The third-order valence-electron chi connectivity index (χ3n) is 4.45. The van der Waals surface area contributed by atoms with Crippen molar-refractivity contribution < 1.29 is 4.79 Å². The minimum absolute atomic E-state index is 0.141. The highest BCUT2D eigenvalue weighted by atomic mass is 32.2. The number of pyridine rings is 1. The van der Waals surface area contributed by atoms with Crippen LogP contribution in [0.3, 0.4) is 0 Å². The summed E-state index contributed by atoms with van der Waals surface area (Å²) in [5.74, 6) is 1.35. The normalized spacial score (nSPS) is 10.7. The molecule has 0 saturated heterocycles. The van der Waals surface area contributed by atoms with Gasteiger partial charge in [0.2, 0.25) is 5.91 Å². The number of para-hydroxylation sites is 1. The highest BCUT2D eigenvalue weighted by Gasteiger charge is 2.17. The number of hydrogen-bond acceptors (Lipinski definition) is 5. The van der Waals surface area contributed by atoms with Gasteiger partial charge in [-0.2, -0.15) is 0 Å². The minimum atomic E-state index is -0.141. The molecule has 6 nitrogen and oxygen atoms in total. The summed E-state index contributed by atoms with van der Waals surface area (Å²) in [5, 5.41) is 12.3. The predicted octanol–water partition coefficient (Wildman–Crippen LogP) is 4.68. The van der Waals surface area contributed by atoms with E-state index in [0.29, 0.717) is 11.0 Å². The summed E-state index contributed by atoms with van der Waals surface area (Å²) in [4.78, 5) is 16.7. The Morgan fingerprint density at radius 2 is 1.70 bits per heavy atom. The Morgan fingerprint density at radius 3 is 2.43 bits per heavy atom. The molecule has 4 rings (SSSR count). The van der Waals surface area contributed by atoms with Gasteiger partial charge >= 0.3 is 0 Å². The molecule has 0 aliphatic carbocycles. The smallest absolute Gasteiger partial charge is 0.236 e. The van der Waals surface area contributed by atoms with Gasteiger partial charge in [-0.05, 0) is 38.1 Å². The lowest BCUT2D eigenvalue weighted by Gasteiger charge is -2.10. The molecular weight excluding hydrogens is 394 g/mol. The van der Waals surface area contributed by atoms with E-state index in [4.69, 9.17) is 0 Å². The quantitative estimate of drug-likeness (QED) is 0.463. The summed E-state index contributed by atoms with van der Waals surface area (Å²) in [6.45, 7) is 3.94. The molecule has 0 unspecified atom stereocenters. The molecule has 0 radical (unpaired) electrons. The molecule has 4 aromatic rings.